The number of anilines is 1. The Hall–Kier alpha value is -2.14. The molecule has 0 radical (unpaired) electrons. The molecule has 0 bridgehead atoms. The SMILES string of the molecule is CNc1c(Br)cc(O)c2c1C(=O)c1ccccc1C2=O. The van der Waals surface area contributed by atoms with E-state index in [9.17, 15) is 14.7 Å². The van der Waals surface area contributed by atoms with Gasteiger partial charge in [-0.2, -0.15) is 0 Å². The maximum Gasteiger partial charge on any atom is 0.198 e. The van der Waals surface area contributed by atoms with E-state index in [1.165, 1.54) is 6.07 Å². The summed E-state index contributed by atoms with van der Waals surface area (Å²) in [6, 6.07) is 8.05. The molecule has 0 aromatic heterocycles. The Morgan fingerprint density at radius 3 is 2.15 bits per heavy atom. The number of carbonyl (C=O) groups excluding carboxylic acids is 2. The van der Waals surface area contributed by atoms with Crippen LogP contribution >= 0.6 is 15.9 Å². The molecule has 2 N–H and O–H groups in total. The largest absolute Gasteiger partial charge is 0.507 e. The fourth-order valence-corrected chi connectivity index (χ4v) is 3.10. The normalized spacial score (nSPS) is 12.9. The zero-order valence-electron chi connectivity index (χ0n) is 10.5. The number of fused-ring (bicyclic) bond motifs is 2. The second-order valence-corrected chi connectivity index (χ2v) is 5.31. The van der Waals surface area contributed by atoms with E-state index in [4.69, 9.17) is 0 Å². The minimum absolute atomic E-state index is 0.0567. The number of halogens is 1. The number of nitrogens with one attached hydrogen (secondary N) is 1. The highest BCUT2D eigenvalue weighted by Crippen LogP contribution is 2.40. The van der Waals surface area contributed by atoms with Crippen LogP contribution in [0.2, 0.25) is 0 Å². The molecule has 2 aromatic rings. The Kier molecular flexibility index (Phi) is 2.87. The molecular formula is C15H10BrNO3. The van der Waals surface area contributed by atoms with Crippen LogP contribution in [-0.2, 0) is 0 Å². The molecule has 20 heavy (non-hydrogen) atoms. The van der Waals surface area contributed by atoms with Crippen LogP contribution in [0.25, 0.3) is 0 Å². The van der Waals surface area contributed by atoms with Gasteiger partial charge < -0.3 is 10.4 Å². The van der Waals surface area contributed by atoms with E-state index in [1.807, 2.05) is 0 Å². The Morgan fingerprint density at radius 1 is 1.05 bits per heavy atom. The Bertz CT molecular complexity index is 768. The van der Waals surface area contributed by atoms with Crippen LogP contribution in [0.5, 0.6) is 5.75 Å². The number of phenolic OH excluding ortho intramolecular Hbond substituents is 1. The maximum absolute atomic E-state index is 12.6. The van der Waals surface area contributed by atoms with Crippen molar-refractivity contribution in [3.8, 4) is 5.75 Å². The molecule has 0 aliphatic heterocycles. The lowest BCUT2D eigenvalue weighted by Crippen LogP contribution is -2.22. The third kappa shape index (κ3) is 1.59. The fraction of sp³-hybridized carbons (Fsp3) is 0.0667. The van der Waals surface area contributed by atoms with Gasteiger partial charge in [-0.3, -0.25) is 9.59 Å². The first-order valence-electron chi connectivity index (χ1n) is 5.98. The van der Waals surface area contributed by atoms with Crippen molar-refractivity contribution in [1.82, 2.24) is 0 Å². The molecule has 100 valence electrons. The van der Waals surface area contributed by atoms with Crippen molar-refractivity contribution < 1.29 is 14.7 Å². The molecule has 0 atom stereocenters. The fourth-order valence-electron chi connectivity index (χ4n) is 2.49. The number of ketones is 2. The van der Waals surface area contributed by atoms with Gasteiger partial charge in [0.1, 0.15) is 5.75 Å². The summed E-state index contributed by atoms with van der Waals surface area (Å²) in [5.74, 6) is -0.799. The molecule has 3 rings (SSSR count). The predicted octanol–water partition coefficient (Wildman–Crippen LogP) is 2.97. The minimum Gasteiger partial charge on any atom is -0.507 e. The van der Waals surface area contributed by atoms with Gasteiger partial charge in [0.2, 0.25) is 0 Å². The summed E-state index contributed by atoms with van der Waals surface area (Å²) in [4.78, 5) is 25.1. The van der Waals surface area contributed by atoms with Gasteiger partial charge in [0, 0.05) is 22.6 Å². The number of hydrogen-bond acceptors (Lipinski definition) is 4. The summed E-state index contributed by atoms with van der Waals surface area (Å²) < 4.78 is 0.539. The Labute approximate surface area is 123 Å². The van der Waals surface area contributed by atoms with E-state index in [-0.39, 0.29) is 28.4 Å². The van der Waals surface area contributed by atoms with Gasteiger partial charge in [-0.1, -0.05) is 24.3 Å². The van der Waals surface area contributed by atoms with E-state index in [1.54, 1.807) is 31.3 Å². The average molecular weight is 332 g/mol. The summed E-state index contributed by atoms with van der Waals surface area (Å²) in [7, 11) is 1.66. The van der Waals surface area contributed by atoms with Crippen LogP contribution in [-0.4, -0.2) is 23.7 Å². The molecule has 0 spiro atoms. The zero-order valence-corrected chi connectivity index (χ0v) is 12.1. The van der Waals surface area contributed by atoms with E-state index in [0.29, 0.717) is 21.3 Å². The summed E-state index contributed by atoms with van der Waals surface area (Å²) in [6.45, 7) is 0. The van der Waals surface area contributed by atoms with Crippen molar-refractivity contribution in [3.05, 3.63) is 57.1 Å². The van der Waals surface area contributed by atoms with Crippen LogP contribution in [0.4, 0.5) is 5.69 Å². The highest BCUT2D eigenvalue weighted by molar-refractivity contribution is 9.10. The lowest BCUT2D eigenvalue weighted by Gasteiger charge is -2.21. The molecule has 0 saturated carbocycles. The van der Waals surface area contributed by atoms with Gasteiger partial charge >= 0.3 is 0 Å². The van der Waals surface area contributed by atoms with Gasteiger partial charge in [0.15, 0.2) is 11.6 Å². The number of carbonyl (C=O) groups is 2. The Balaban J connectivity index is 2.42. The predicted molar refractivity (Wildman–Crippen MR) is 78.7 cm³/mol. The van der Waals surface area contributed by atoms with Crippen molar-refractivity contribution in [1.29, 1.82) is 0 Å². The second kappa shape index (κ2) is 4.45. The number of rotatable bonds is 1. The first kappa shape index (κ1) is 12.9. The smallest absolute Gasteiger partial charge is 0.198 e. The van der Waals surface area contributed by atoms with Crippen molar-refractivity contribution in [2.24, 2.45) is 0 Å². The Morgan fingerprint density at radius 2 is 1.60 bits per heavy atom. The van der Waals surface area contributed by atoms with Gasteiger partial charge in [0.25, 0.3) is 0 Å². The molecule has 1 aliphatic rings. The van der Waals surface area contributed by atoms with E-state index >= 15 is 0 Å². The average Bonchev–Trinajstić information content (AvgIpc) is 2.44. The van der Waals surface area contributed by atoms with Gasteiger partial charge in [-0.05, 0) is 22.0 Å². The van der Waals surface area contributed by atoms with Crippen molar-refractivity contribution >= 4 is 33.2 Å². The lowest BCUT2D eigenvalue weighted by molar-refractivity contribution is 0.0977. The molecule has 1 aliphatic carbocycles. The molecule has 2 aromatic carbocycles. The van der Waals surface area contributed by atoms with E-state index in [2.05, 4.69) is 21.2 Å². The molecule has 0 saturated heterocycles. The molecule has 0 amide bonds. The van der Waals surface area contributed by atoms with Gasteiger partial charge in [-0.25, -0.2) is 0 Å². The van der Waals surface area contributed by atoms with E-state index in [0.717, 1.165) is 0 Å². The number of aromatic hydroxyl groups is 1. The van der Waals surface area contributed by atoms with Gasteiger partial charge in [-0.15, -0.1) is 0 Å². The van der Waals surface area contributed by atoms with Crippen LogP contribution in [0.15, 0.2) is 34.8 Å². The van der Waals surface area contributed by atoms with Crippen molar-refractivity contribution in [2.45, 2.75) is 0 Å². The number of hydrogen-bond donors (Lipinski definition) is 2. The summed E-state index contributed by atoms with van der Waals surface area (Å²) >= 11 is 3.29. The molecule has 0 fully saturated rings. The molecule has 0 unspecified atom stereocenters. The van der Waals surface area contributed by atoms with Crippen LogP contribution in [0, 0.1) is 0 Å². The van der Waals surface area contributed by atoms with Crippen LogP contribution < -0.4 is 5.32 Å². The molecule has 0 heterocycles. The molecule has 4 nitrogen and oxygen atoms in total. The summed E-state index contributed by atoms with van der Waals surface area (Å²) in [5.41, 5.74) is 1.46. The number of phenols is 1. The third-order valence-corrected chi connectivity index (χ3v) is 4.00. The first-order valence-corrected chi connectivity index (χ1v) is 6.77. The summed E-state index contributed by atoms with van der Waals surface area (Å²) in [5, 5.41) is 12.9. The van der Waals surface area contributed by atoms with E-state index < -0.39 is 0 Å². The first-order chi connectivity index (χ1) is 9.56. The monoisotopic (exact) mass is 331 g/mol. The van der Waals surface area contributed by atoms with Crippen LogP contribution in [0.3, 0.4) is 0 Å². The van der Waals surface area contributed by atoms with Crippen molar-refractivity contribution in [2.75, 3.05) is 12.4 Å². The zero-order chi connectivity index (χ0) is 14.4. The molecular weight excluding hydrogens is 322 g/mol. The molecule has 5 heteroatoms. The standard InChI is InChI=1S/C15H10BrNO3/c1-17-13-9(16)6-10(18)11-12(13)15(20)8-5-3-2-4-7(8)14(11)19/h2-6,17-18H,1H3. The minimum atomic E-state index is -0.336. The lowest BCUT2D eigenvalue weighted by atomic mass is 9.82. The number of benzene rings is 2. The second-order valence-electron chi connectivity index (χ2n) is 4.46. The third-order valence-electron chi connectivity index (χ3n) is 3.38. The highest BCUT2D eigenvalue weighted by Gasteiger charge is 2.34. The maximum atomic E-state index is 12.6. The van der Waals surface area contributed by atoms with Crippen LogP contribution in [0.1, 0.15) is 31.8 Å². The van der Waals surface area contributed by atoms with Crippen molar-refractivity contribution in [3.63, 3.8) is 0 Å². The summed E-state index contributed by atoms with van der Waals surface area (Å²) in [6.07, 6.45) is 0. The highest BCUT2D eigenvalue weighted by atomic mass is 79.9. The quantitative estimate of drug-likeness (QED) is 0.673. The van der Waals surface area contributed by atoms with Gasteiger partial charge in [0.05, 0.1) is 16.8 Å². The topological polar surface area (TPSA) is 66.4 Å².